The van der Waals surface area contributed by atoms with Gasteiger partial charge in [0.1, 0.15) is 0 Å². The third-order valence-corrected chi connectivity index (χ3v) is 6.78. The molecule has 1 amide bonds. The number of aryl methyl sites for hydroxylation is 1. The van der Waals surface area contributed by atoms with Gasteiger partial charge in [-0.1, -0.05) is 52.7 Å². The summed E-state index contributed by atoms with van der Waals surface area (Å²) in [5.41, 5.74) is 2.68. The average molecular weight is 476 g/mol. The number of benzene rings is 2. The Labute approximate surface area is 195 Å². The zero-order chi connectivity index (χ0) is 21.8. The number of rotatable bonds is 6. The molecule has 2 heterocycles. The van der Waals surface area contributed by atoms with Crippen LogP contribution in [0.5, 0.6) is 0 Å². The zero-order valence-corrected chi connectivity index (χ0v) is 19.5. The van der Waals surface area contributed by atoms with E-state index in [9.17, 15) is 4.79 Å². The first-order valence-corrected chi connectivity index (χ1v) is 11.7. The number of morpholine rings is 1. The van der Waals surface area contributed by atoms with E-state index >= 15 is 0 Å². The molecule has 0 N–H and O–H groups in total. The fourth-order valence-corrected chi connectivity index (χ4v) is 5.14. The van der Waals surface area contributed by atoms with Crippen LogP contribution in [-0.4, -0.2) is 55.2 Å². The molecule has 0 spiro atoms. The number of fused-ring (bicyclic) bond motifs is 1. The molecule has 1 aromatic heterocycles. The van der Waals surface area contributed by atoms with Crippen LogP contribution in [0.2, 0.25) is 10.0 Å². The number of hydrogen-bond acceptors (Lipinski definition) is 5. The molecule has 31 heavy (non-hydrogen) atoms. The largest absolute Gasteiger partial charge is 0.379 e. The molecule has 0 unspecified atom stereocenters. The Morgan fingerprint density at radius 3 is 2.81 bits per heavy atom. The summed E-state index contributed by atoms with van der Waals surface area (Å²) < 4.78 is 6.40. The van der Waals surface area contributed by atoms with Gasteiger partial charge in [-0.3, -0.25) is 14.6 Å². The van der Waals surface area contributed by atoms with Crippen molar-refractivity contribution < 1.29 is 9.53 Å². The second kappa shape index (κ2) is 10.1. The summed E-state index contributed by atoms with van der Waals surface area (Å²) in [6, 6.07) is 11.2. The van der Waals surface area contributed by atoms with Gasteiger partial charge < -0.3 is 4.74 Å². The van der Waals surface area contributed by atoms with Crippen molar-refractivity contribution in [2.45, 2.75) is 6.92 Å². The third-order valence-electron chi connectivity index (χ3n) is 5.19. The minimum Gasteiger partial charge on any atom is -0.379 e. The smallest absolute Gasteiger partial charge is 0.252 e. The molecule has 4 rings (SSSR count). The Morgan fingerprint density at radius 2 is 2.03 bits per heavy atom. The minimum atomic E-state index is -0.129. The molecule has 162 valence electrons. The lowest BCUT2D eigenvalue weighted by Crippen LogP contribution is -2.42. The van der Waals surface area contributed by atoms with E-state index in [0.29, 0.717) is 21.7 Å². The van der Waals surface area contributed by atoms with Crippen molar-refractivity contribution in [3.63, 3.8) is 0 Å². The van der Waals surface area contributed by atoms with Crippen LogP contribution in [0.4, 0.5) is 5.13 Å². The van der Waals surface area contributed by atoms with E-state index in [1.165, 1.54) is 11.3 Å². The standard InChI is InChI=1S/C23H23Cl2N3O2S/c1-16-14-18(24)15-20-22(16)26-23(31-20)28(9-8-27-10-12-30-13-11-27)21(29)7-6-17-4-2-3-5-19(17)25/h2-7,14-15H,8-13H2,1H3. The fraction of sp³-hybridized carbons (Fsp3) is 0.304. The van der Waals surface area contributed by atoms with Gasteiger partial charge in [-0.05, 0) is 42.3 Å². The minimum absolute atomic E-state index is 0.129. The van der Waals surface area contributed by atoms with E-state index in [1.807, 2.05) is 43.3 Å². The summed E-state index contributed by atoms with van der Waals surface area (Å²) in [7, 11) is 0. The molecule has 3 aromatic rings. The quantitative estimate of drug-likeness (QED) is 0.454. The number of carbonyl (C=O) groups excluding carboxylic acids is 1. The second-order valence-corrected chi connectivity index (χ2v) is 9.22. The highest BCUT2D eigenvalue weighted by atomic mass is 35.5. The molecule has 0 aliphatic carbocycles. The number of hydrogen-bond donors (Lipinski definition) is 0. The molecule has 2 aromatic carbocycles. The number of halogens is 2. The lowest BCUT2D eigenvalue weighted by atomic mass is 10.2. The summed E-state index contributed by atoms with van der Waals surface area (Å²) >= 11 is 13.9. The van der Waals surface area contributed by atoms with Gasteiger partial charge in [0.15, 0.2) is 5.13 Å². The van der Waals surface area contributed by atoms with E-state index in [1.54, 1.807) is 17.1 Å². The van der Waals surface area contributed by atoms with Gasteiger partial charge in [0, 0.05) is 42.3 Å². The van der Waals surface area contributed by atoms with Gasteiger partial charge >= 0.3 is 0 Å². The van der Waals surface area contributed by atoms with Gasteiger partial charge in [-0.2, -0.15) is 0 Å². The summed E-state index contributed by atoms with van der Waals surface area (Å²) in [4.78, 5) is 22.0. The van der Waals surface area contributed by atoms with E-state index in [4.69, 9.17) is 32.9 Å². The highest BCUT2D eigenvalue weighted by molar-refractivity contribution is 7.22. The van der Waals surface area contributed by atoms with Crippen molar-refractivity contribution >= 4 is 61.9 Å². The van der Waals surface area contributed by atoms with Crippen LogP contribution in [0.25, 0.3) is 16.3 Å². The molecule has 1 fully saturated rings. The van der Waals surface area contributed by atoms with E-state index in [0.717, 1.165) is 54.2 Å². The van der Waals surface area contributed by atoms with E-state index in [-0.39, 0.29) is 5.91 Å². The summed E-state index contributed by atoms with van der Waals surface area (Å²) in [6.45, 7) is 6.45. The van der Waals surface area contributed by atoms with Crippen LogP contribution in [0.1, 0.15) is 11.1 Å². The lowest BCUT2D eigenvalue weighted by molar-refractivity contribution is -0.114. The highest BCUT2D eigenvalue weighted by Crippen LogP contribution is 2.33. The van der Waals surface area contributed by atoms with Crippen molar-refractivity contribution in [2.75, 3.05) is 44.3 Å². The van der Waals surface area contributed by atoms with Crippen LogP contribution in [0.15, 0.2) is 42.5 Å². The normalized spacial score (nSPS) is 15.1. The molecule has 1 aliphatic rings. The predicted molar refractivity (Wildman–Crippen MR) is 129 cm³/mol. The maximum absolute atomic E-state index is 13.2. The van der Waals surface area contributed by atoms with E-state index < -0.39 is 0 Å². The van der Waals surface area contributed by atoms with Gasteiger partial charge in [0.25, 0.3) is 5.91 Å². The number of amides is 1. The second-order valence-electron chi connectivity index (χ2n) is 7.36. The average Bonchev–Trinajstić information content (AvgIpc) is 3.18. The van der Waals surface area contributed by atoms with Crippen molar-refractivity contribution in [3.05, 3.63) is 63.6 Å². The Kier molecular flexibility index (Phi) is 7.25. The molecule has 1 aliphatic heterocycles. The molecular formula is C23H23Cl2N3O2S. The number of carbonyl (C=O) groups is 1. The maximum Gasteiger partial charge on any atom is 0.252 e. The van der Waals surface area contributed by atoms with Crippen molar-refractivity contribution in [1.82, 2.24) is 9.88 Å². The van der Waals surface area contributed by atoms with Gasteiger partial charge in [-0.25, -0.2) is 4.98 Å². The topological polar surface area (TPSA) is 45.7 Å². The molecule has 0 atom stereocenters. The number of nitrogens with zero attached hydrogens (tertiary/aromatic N) is 3. The molecular weight excluding hydrogens is 453 g/mol. The Bertz CT molecular complexity index is 1110. The molecule has 5 nitrogen and oxygen atoms in total. The van der Waals surface area contributed by atoms with Crippen LogP contribution in [0.3, 0.4) is 0 Å². The highest BCUT2D eigenvalue weighted by Gasteiger charge is 2.21. The summed E-state index contributed by atoms with van der Waals surface area (Å²) in [5.74, 6) is -0.129. The SMILES string of the molecule is Cc1cc(Cl)cc2sc(N(CCN3CCOCC3)C(=O)C=Cc3ccccc3Cl)nc12. The summed E-state index contributed by atoms with van der Waals surface area (Å²) in [5, 5.41) is 1.95. The lowest BCUT2D eigenvalue weighted by Gasteiger charge is -2.28. The Hall–Kier alpha value is -1.96. The van der Waals surface area contributed by atoms with Crippen molar-refractivity contribution in [1.29, 1.82) is 0 Å². The Morgan fingerprint density at radius 1 is 1.26 bits per heavy atom. The molecule has 1 saturated heterocycles. The molecule has 8 heteroatoms. The van der Waals surface area contributed by atoms with E-state index in [2.05, 4.69) is 4.90 Å². The van der Waals surface area contributed by atoms with Crippen LogP contribution in [0, 0.1) is 6.92 Å². The van der Waals surface area contributed by atoms with Crippen LogP contribution >= 0.6 is 34.5 Å². The molecule has 0 saturated carbocycles. The first-order chi connectivity index (χ1) is 15.0. The fourth-order valence-electron chi connectivity index (χ4n) is 3.49. The predicted octanol–water partition coefficient (Wildman–Crippen LogP) is 5.29. The van der Waals surface area contributed by atoms with Crippen molar-refractivity contribution in [3.8, 4) is 0 Å². The van der Waals surface area contributed by atoms with Gasteiger partial charge in [-0.15, -0.1) is 0 Å². The maximum atomic E-state index is 13.2. The van der Waals surface area contributed by atoms with Crippen molar-refractivity contribution in [2.24, 2.45) is 0 Å². The van der Waals surface area contributed by atoms with Crippen LogP contribution < -0.4 is 4.90 Å². The first-order valence-electron chi connectivity index (χ1n) is 10.1. The van der Waals surface area contributed by atoms with Crippen LogP contribution in [-0.2, 0) is 9.53 Å². The monoisotopic (exact) mass is 475 g/mol. The van der Waals surface area contributed by atoms with Gasteiger partial charge in [0.05, 0.1) is 23.4 Å². The van der Waals surface area contributed by atoms with Gasteiger partial charge in [0.2, 0.25) is 0 Å². The Balaban J connectivity index is 1.61. The molecule has 0 bridgehead atoms. The summed E-state index contributed by atoms with van der Waals surface area (Å²) in [6.07, 6.45) is 3.31. The number of ether oxygens (including phenoxy) is 1. The third kappa shape index (κ3) is 5.45. The number of anilines is 1. The number of thiazole rings is 1. The zero-order valence-electron chi connectivity index (χ0n) is 17.2. The molecule has 0 radical (unpaired) electrons. The number of aromatic nitrogens is 1. The first kappa shape index (κ1) is 22.2.